The first-order valence-corrected chi connectivity index (χ1v) is 4.66. The third kappa shape index (κ3) is 4.46. The molecule has 0 radical (unpaired) electrons. The van der Waals surface area contributed by atoms with Crippen molar-refractivity contribution in [1.82, 2.24) is 0 Å². The van der Waals surface area contributed by atoms with Gasteiger partial charge in [-0.25, -0.2) is 0 Å². The van der Waals surface area contributed by atoms with Crippen molar-refractivity contribution in [3.8, 4) is 5.75 Å². The molecule has 4 heteroatoms. The predicted octanol–water partition coefficient (Wildman–Crippen LogP) is 2.34. The molecule has 0 aromatic heterocycles. The summed E-state index contributed by atoms with van der Waals surface area (Å²) in [5.74, 6) is 0.742. The molecule has 0 aliphatic heterocycles. The van der Waals surface area contributed by atoms with Crippen LogP contribution in [0.15, 0.2) is 24.3 Å². The van der Waals surface area contributed by atoms with Crippen molar-refractivity contribution in [2.75, 3.05) is 27.1 Å². The molecule has 0 unspecified atom stereocenters. The molecule has 1 aromatic rings. The molecule has 14 heavy (non-hydrogen) atoms. The molecule has 0 heterocycles. The summed E-state index contributed by atoms with van der Waals surface area (Å²) in [5, 5.41) is 0.692. The van der Waals surface area contributed by atoms with Crippen LogP contribution in [-0.2, 0) is 9.47 Å². The lowest BCUT2D eigenvalue weighted by Crippen LogP contribution is -2.07. The highest BCUT2D eigenvalue weighted by Gasteiger charge is 1.93. The van der Waals surface area contributed by atoms with Gasteiger partial charge in [-0.1, -0.05) is 11.6 Å². The third-order valence-corrected chi connectivity index (χ3v) is 1.81. The minimum Gasteiger partial charge on any atom is -0.468 e. The van der Waals surface area contributed by atoms with E-state index in [1.54, 1.807) is 31.4 Å². The Labute approximate surface area is 88.5 Å². The van der Waals surface area contributed by atoms with Crippen LogP contribution in [0, 0.1) is 0 Å². The number of methoxy groups -OCH3 is 1. The zero-order valence-corrected chi connectivity index (χ0v) is 8.79. The monoisotopic (exact) mass is 216 g/mol. The van der Waals surface area contributed by atoms with E-state index in [0.29, 0.717) is 18.2 Å². The number of rotatable bonds is 6. The fourth-order valence-corrected chi connectivity index (χ4v) is 0.968. The molecular formula is C10H13ClO3. The van der Waals surface area contributed by atoms with Gasteiger partial charge in [0, 0.05) is 12.1 Å². The van der Waals surface area contributed by atoms with Gasteiger partial charge in [0.2, 0.25) is 0 Å². The highest BCUT2D eigenvalue weighted by atomic mass is 35.5. The van der Waals surface area contributed by atoms with Gasteiger partial charge >= 0.3 is 0 Å². The molecule has 3 nitrogen and oxygen atoms in total. The molecule has 1 rings (SSSR count). The number of ether oxygens (including phenoxy) is 3. The van der Waals surface area contributed by atoms with Crippen LogP contribution in [0.1, 0.15) is 0 Å². The molecule has 0 saturated heterocycles. The summed E-state index contributed by atoms with van der Waals surface area (Å²) in [5.41, 5.74) is 0. The van der Waals surface area contributed by atoms with Crippen LogP contribution in [0.3, 0.4) is 0 Å². The van der Waals surface area contributed by atoms with Crippen molar-refractivity contribution in [2.45, 2.75) is 0 Å². The SMILES string of the molecule is COCCOCOc1ccc(Cl)cc1. The fourth-order valence-electron chi connectivity index (χ4n) is 0.842. The Hall–Kier alpha value is -0.770. The summed E-state index contributed by atoms with van der Waals surface area (Å²) < 4.78 is 15.2. The normalized spacial score (nSPS) is 10.1. The van der Waals surface area contributed by atoms with Crippen LogP contribution in [-0.4, -0.2) is 27.1 Å². The second kappa shape index (κ2) is 6.65. The summed E-state index contributed by atoms with van der Waals surface area (Å²) in [7, 11) is 1.63. The number of halogens is 1. The zero-order chi connectivity index (χ0) is 10.2. The number of benzene rings is 1. The molecule has 0 spiro atoms. The second-order valence-electron chi connectivity index (χ2n) is 2.62. The van der Waals surface area contributed by atoms with Crippen molar-refractivity contribution in [1.29, 1.82) is 0 Å². The van der Waals surface area contributed by atoms with Gasteiger partial charge in [0.25, 0.3) is 0 Å². The van der Waals surface area contributed by atoms with E-state index in [0.717, 1.165) is 5.75 Å². The Balaban J connectivity index is 2.15. The molecule has 0 aliphatic rings. The van der Waals surface area contributed by atoms with Gasteiger partial charge < -0.3 is 14.2 Å². The largest absolute Gasteiger partial charge is 0.468 e. The van der Waals surface area contributed by atoms with E-state index in [-0.39, 0.29) is 6.79 Å². The predicted molar refractivity (Wildman–Crippen MR) is 54.8 cm³/mol. The van der Waals surface area contributed by atoms with Crippen molar-refractivity contribution < 1.29 is 14.2 Å². The molecule has 1 aromatic carbocycles. The van der Waals surface area contributed by atoms with Crippen LogP contribution in [0.4, 0.5) is 0 Å². The lowest BCUT2D eigenvalue weighted by molar-refractivity contribution is -0.00846. The van der Waals surface area contributed by atoms with Gasteiger partial charge in [0.05, 0.1) is 13.2 Å². The Morgan fingerprint density at radius 1 is 1.14 bits per heavy atom. The van der Waals surface area contributed by atoms with E-state index in [1.165, 1.54) is 0 Å². The topological polar surface area (TPSA) is 27.7 Å². The molecule has 0 bridgehead atoms. The van der Waals surface area contributed by atoms with Crippen molar-refractivity contribution in [3.63, 3.8) is 0 Å². The van der Waals surface area contributed by atoms with Crippen molar-refractivity contribution in [2.24, 2.45) is 0 Å². The maximum Gasteiger partial charge on any atom is 0.189 e. The fraction of sp³-hybridized carbons (Fsp3) is 0.400. The van der Waals surface area contributed by atoms with Crippen molar-refractivity contribution >= 4 is 11.6 Å². The first-order chi connectivity index (χ1) is 6.83. The summed E-state index contributed by atoms with van der Waals surface area (Å²) in [4.78, 5) is 0. The maximum absolute atomic E-state index is 5.71. The lowest BCUT2D eigenvalue weighted by Gasteiger charge is -2.06. The smallest absolute Gasteiger partial charge is 0.189 e. The van der Waals surface area contributed by atoms with Crippen LogP contribution in [0.25, 0.3) is 0 Å². The molecule has 0 fully saturated rings. The first kappa shape index (κ1) is 11.3. The highest BCUT2D eigenvalue weighted by molar-refractivity contribution is 6.30. The minimum atomic E-state index is 0.227. The number of hydrogen-bond donors (Lipinski definition) is 0. The Morgan fingerprint density at radius 2 is 1.86 bits per heavy atom. The van der Waals surface area contributed by atoms with Crippen LogP contribution < -0.4 is 4.74 Å². The average molecular weight is 217 g/mol. The summed E-state index contributed by atoms with van der Waals surface area (Å²) >= 11 is 5.71. The quantitative estimate of drug-likeness (QED) is 0.540. The van der Waals surface area contributed by atoms with E-state index >= 15 is 0 Å². The first-order valence-electron chi connectivity index (χ1n) is 4.28. The van der Waals surface area contributed by atoms with E-state index in [1.807, 2.05) is 0 Å². The molecule has 0 atom stereocenters. The Kier molecular flexibility index (Phi) is 5.37. The highest BCUT2D eigenvalue weighted by Crippen LogP contribution is 2.15. The van der Waals surface area contributed by atoms with Crippen LogP contribution in [0.5, 0.6) is 5.75 Å². The molecule has 0 aliphatic carbocycles. The molecule has 78 valence electrons. The van der Waals surface area contributed by atoms with E-state index < -0.39 is 0 Å². The van der Waals surface area contributed by atoms with Crippen LogP contribution in [0.2, 0.25) is 5.02 Å². The molecular weight excluding hydrogens is 204 g/mol. The van der Waals surface area contributed by atoms with Gasteiger partial charge in [0.1, 0.15) is 5.75 Å². The van der Waals surface area contributed by atoms with E-state index in [2.05, 4.69) is 0 Å². The van der Waals surface area contributed by atoms with E-state index in [9.17, 15) is 0 Å². The Morgan fingerprint density at radius 3 is 2.50 bits per heavy atom. The minimum absolute atomic E-state index is 0.227. The lowest BCUT2D eigenvalue weighted by atomic mass is 10.3. The van der Waals surface area contributed by atoms with Gasteiger partial charge in [0.15, 0.2) is 6.79 Å². The standard InChI is InChI=1S/C10H13ClO3/c1-12-6-7-13-8-14-10-4-2-9(11)3-5-10/h2-5H,6-8H2,1H3. The van der Waals surface area contributed by atoms with Gasteiger partial charge in [-0.15, -0.1) is 0 Å². The molecule has 0 saturated carbocycles. The van der Waals surface area contributed by atoms with Gasteiger partial charge in [-0.05, 0) is 24.3 Å². The van der Waals surface area contributed by atoms with Crippen LogP contribution >= 0.6 is 11.6 Å². The molecule has 0 amide bonds. The second-order valence-corrected chi connectivity index (χ2v) is 3.05. The van der Waals surface area contributed by atoms with Gasteiger partial charge in [-0.2, -0.15) is 0 Å². The van der Waals surface area contributed by atoms with Crippen molar-refractivity contribution in [3.05, 3.63) is 29.3 Å². The van der Waals surface area contributed by atoms with E-state index in [4.69, 9.17) is 25.8 Å². The van der Waals surface area contributed by atoms with Gasteiger partial charge in [-0.3, -0.25) is 0 Å². The maximum atomic E-state index is 5.71. The number of hydrogen-bond acceptors (Lipinski definition) is 3. The Bertz CT molecular complexity index is 248. The summed E-state index contributed by atoms with van der Waals surface area (Å²) in [6, 6.07) is 7.13. The zero-order valence-electron chi connectivity index (χ0n) is 8.03. The average Bonchev–Trinajstić information content (AvgIpc) is 2.21. The summed E-state index contributed by atoms with van der Waals surface area (Å²) in [6.45, 7) is 1.33. The third-order valence-electron chi connectivity index (χ3n) is 1.55. The molecule has 0 N–H and O–H groups in total. The summed E-state index contributed by atoms with van der Waals surface area (Å²) in [6.07, 6.45) is 0.